The smallest absolute Gasteiger partial charge is 0.123 e. The Labute approximate surface area is 106 Å². The minimum absolute atomic E-state index is 0.375. The van der Waals surface area contributed by atoms with E-state index in [1.165, 1.54) is 24.1 Å². The van der Waals surface area contributed by atoms with E-state index < -0.39 is 12.5 Å². The van der Waals surface area contributed by atoms with Crippen molar-refractivity contribution in [3.8, 4) is 0 Å². The number of alkyl halides is 1. The summed E-state index contributed by atoms with van der Waals surface area (Å²) in [6.07, 6.45) is 0.860. The molecule has 1 aromatic rings. The van der Waals surface area contributed by atoms with Crippen LogP contribution in [0.4, 0.5) is 8.78 Å². The molecule has 0 amide bonds. The molecule has 0 unspecified atom stereocenters. The molecule has 0 aliphatic heterocycles. The van der Waals surface area contributed by atoms with Crippen LogP contribution in [0.3, 0.4) is 0 Å². The van der Waals surface area contributed by atoms with Gasteiger partial charge in [0.15, 0.2) is 0 Å². The minimum atomic E-state index is -0.654. The lowest BCUT2D eigenvalue weighted by atomic mass is 10.2. The number of hydrogen-bond donors (Lipinski definition) is 2. The highest BCUT2D eigenvalue weighted by Gasteiger charge is 2.04. The average Bonchev–Trinajstić information content (AvgIpc) is 2.38. The van der Waals surface area contributed by atoms with E-state index in [9.17, 15) is 8.78 Å². The van der Waals surface area contributed by atoms with Crippen LogP contribution in [0.5, 0.6) is 0 Å². The highest BCUT2D eigenvalue weighted by atomic mass is 32.2. The van der Waals surface area contributed by atoms with Gasteiger partial charge < -0.3 is 5.73 Å². The van der Waals surface area contributed by atoms with Gasteiger partial charge in [-0.15, -0.1) is 0 Å². The molecule has 1 rings (SSSR count). The third-order valence-corrected chi connectivity index (χ3v) is 2.80. The van der Waals surface area contributed by atoms with E-state index in [1.54, 1.807) is 6.07 Å². The first-order valence-electron chi connectivity index (χ1n) is 5.72. The van der Waals surface area contributed by atoms with Gasteiger partial charge in [0, 0.05) is 17.0 Å². The zero-order valence-electron chi connectivity index (χ0n) is 10.3. The van der Waals surface area contributed by atoms with Crippen LogP contribution in [0, 0.1) is 5.82 Å². The maximum Gasteiger partial charge on any atom is 0.123 e. The highest BCUT2D eigenvalue weighted by molar-refractivity contribution is 7.97. The SMILES string of the molecule is CC.NCCCNSc1ccc(F)cc1CF. The normalized spacial score (nSPS) is 9.71. The molecule has 0 radical (unpaired) electrons. The van der Waals surface area contributed by atoms with Crippen molar-refractivity contribution in [2.75, 3.05) is 13.1 Å². The van der Waals surface area contributed by atoms with Crippen LogP contribution >= 0.6 is 11.9 Å². The second-order valence-corrected chi connectivity index (χ2v) is 3.96. The van der Waals surface area contributed by atoms with E-state index in [0.29, 0.717) is 12.1 Å². The molecule has 0 aliphatic carbocycles. The van der Waals surface area contributed by atoms with Crippen LogP contribution in [-0.2, 0) is 6.67 Å². The zero-order chi connectivity index (χ0) is 13.1. The van der Waals surface area contributed by atoms with Crippen molar-refractivity contribution in [3.05, 3.63) is 29.6 Å². The Morgan fingerprint density at radius 3 is 2.65 bits per heavy atom. The van der Waals surface area contributed by atoms with E-state index in [1.807, 2.05) is 13.8 Å². The number of hydrogen-bond acceptors (Lipinski definition) is 3. The summed E-state index contributed by atoms with van der Waals surface area (Å²) in [5.74, 6) is -0.408. The lowest BCUT2D eigenvalue weighted by Crippen LogP contribution is -2.11. The molecule has 5 heteroatoms. The predicted octanol–water partition coefficient (Wildman–Crippen LogP) is 3.27. The second-order valence-electron chi connectivity index (χ2n) is 3.02. The highest BCUT2D eigenvalue weighted by Crippen LogP contribution is 2.21. The molecule has 2 nitrogen and oxygen atoms in total. The number of halogens is 2. The van der Waals surface area contributed by atoms with Crippen molar-refractivity contribution >= 4 is 11.9 Å². The summed E-state index contributed by atoms with van der Waals surface area (Å²) in [6.45, 7) is 4.72. The summed E-state index contributed by atoms with van der Waals surface area (Å²) in [5.41, 5.74) is 5.70. The number of benzene rings is 1. The summed E-state index contributed by atoms with van der Waals surface area (Å²) in [4.78, 5) is 0.718. The first-order valence-corrected chi connectivity index (χ1v) is 6.53. The molecule has 0 atom stereocenters. The Hall–Kier alpha value is -0.650. The largest absolute Gasteiger partial charge is 0.330 e. The molecular weight excluding hydrogens is 242 g/mol. The van der Waals surface area contributed by atoms with Crippen LogP contribution in [0.1, 0.15) is 25.8 Å². The summed E-state index contributed by atoms with van der Waals surface area (Å²) in [7, 11) is 0. The average molecular weight is 262 g/mol. The Bertz CT molecular complexity index is 309. The molecule has 0 saturated carbocycles. The van der Waals surface area contributed by atoms with Crippen LogP contribution in [0.15, 0.2) is 23.1 Å². The van der Waals surface area contributed by atoms with E-state index in [2.05, 4.69) is 4.72 Å². The standard InChI is InChI=1S/C10H14F2N2S.C2H6/c11-7-8-6-9(12)2-3-10(8)15-14-5-1-4-13;1-2/h2-3,6,14H,1,4-5,7,13H2;1-2H3. The fourth-order valence-corrected chi connectivity index (χ4v) is 1.84. The third-order valence-electron chi connectivity index (χ3n) is 1.83. The molecule has 0 aliphatic rings. The van der Waals surface area contributed by atoms with Gasteiger partial charge in [-0.2, -0.15) is 0 Å². The Morgan fingerprint density at radius 1 is 1.35 bits per heavy atom. The topological polar surface area (TPSA) is 38.0 Å². The van der Waals surface area contributed by atoms with Gasteiger partial charge in [-0.05, 0) is 43.1 Å². The van der Waals surface area contributed by atoms with Crippen molar-refractivity contribution in [3.63, 3.8) is 0 Å². The first-order chi connectivity index (χ1) is 8.27. The zero-order valence-corrected chi connectivity index (χ0v) is 11.1. The number of nitrogens with one attached hydrogen (secondary N) is 1. The van der Waals surface area contributed by atoms with Crippen molar-refractivity contribution < 1.29 is 8.78 Å². The van der Waals surface area contributed by atoms with Crippen molar-refractivity contribution in [2.45, 2.75) is 31.8 Å². The molecule has 0 spiro atoms. The lowest BCUT2D eigenvalue weighted by Gasteiger charge is -2.06. The van der Waals surface area contributed by atoms with E-state index in [-0.39, 0.29) is 0 Å². The molecular formula is C12H20F2N2S. The molecule has 0 saturated heterocycles. The van der Waals surface area contributed by atoms with Crippen LogP contribution < -0.4 is 10.5 Å². The summed E-state index contributed by atoms with van der Waals surface area (Å²) in [6, 6.07) is 4.11. The molecule has 1 aromatic carbocycles. The predicted molar refractivity (Wildman–Crippen MR) is 70.1 cm³/mol. The Morgan fingerprint density at radius 2 is 2.06 bits per heavy atom. The summed E-state index contributed by atoms with van der Waals surface area (Å²) < 4.78 is 28.3. The van der Waals surface area contributed by atoms with Gasteiger partial charge in [0.05, 0.1) is 0 Å². The molecule has 0 heterocycles. The molecule has 0 fully saturated rings. The van der Waals surface area contributed by atoms with Gasteiger partial charge in [0.25, 0.3) is 0 Å². The maximum atomic E-state index is 12.8. The first kappa shape index (κ1) is 16.4. The van der Waals surface area contributed by atoms with Crippen LogP contribution in [0.25, 0.3) is 0 Å². The monoisotopic (exact) mass is 262 g/mol. The van der Waals surface area contributed by atoms with Crippen molar-refractivity contribution in [1.82, 2.24) is 4.72 Å². The lowest BCUT2D eigenvalue weighted by molar-refractivity contribution is 0.476. The molecule has 0 aromatic heterocycles. The maximum absolute atomic E-state index is 12.8. The van der Waals surface area contributed by atoms with Crippen molar-refractivity contribution in [1.29, 1.82) is 0 Å². The van der Waals surface area contributed by atoms with Gasteiger partial charge in [-0.1, -0.05) is 13.8 Å². The van der Waals surface area contributed by atoms with E-state index >= 15 is 0 Å². The van der Waals surface area contributed by atoms with Gasteiger partial charge in [0.2, 0.25) is 0 Å². The van der Waals surface area contributed by atoms with Crippen LogP contribution in [-0.4, -0.2) is 13.1 Å². The fraction of sp³-hybridized carbons (Fsp3) is 0.500. The van der Waals surface area contributed by atoms with E-state index in [0.717, 1.165) is 17.9 Å². The summed E-state index contributed by atoms with van der Waals surface area (Å²) >= 11 is 1.31. The van der Waals surface area contributed by atoms with Gasteiger partial charge in [-0.3, -0.25) is 4.72 Å². The minimum Gasteiger partial charge on any atom is -0.330 e. The third kappa shape index (κ3) is 6.61. The molecule has 98 valence electrons. The molecule has 17 heavy (non-hydrogen) atoms. The fourth-order valence-electron chi connectivity index (χ4n) is 1.06. The quantitative estimate of drug-likeness (QED) is 0.610. The van der Waals surface area contributed by atoms with E-state index in [4.69, 9.17) is 5.73 Å². The number of nitrogens with two attached hydrogens (primary N) is 1. The number of rotatable bonds is 6. The second kappa shape index (κ2) is 10.5. The van der Waals surface area contributed by atoms with Gasteiger partial charge in [0.1, 0.15) is 12.5 Å². The molecule has 0 bridgehead atoms. The summed E-state index contributed by atoms with van der Waals surface area (Å²) in [5, 5.41) is 0. The Kier molecular flexibility index (Phi) is 10.1. The van der Waals surface area contributed by atoms with Crippen LogP contribution in [0.2, 0.25) is 0 Å². The van der Waals surface area contributed by atoms with Gasteiger partial charge >= 0.3 is 0 Å². The molecule has 3 N–H and O–H groups in total. The van der Waals surface area contributed by atoms with Crippen molar-refractivity contribution in [2.24, 2.45) is 5.73 Å². The Balaban J connectivity index is 0.00000121. The van der Waals surface area contributed by atoms with Gasteiger partial charge in [-0.25, -0.2) is 8.78 Å².